The Kier molecular flexibility index (Phi) is 3.74. The SMILES string of the molecule is COc1ccc(N)c(C=CCC(=O)O)c1. The maximum atomic E-state index is 10.3. The van der Waals surface area contributed by atoms with Gasteiger partial charge in [-0.05, 0) is 18.2 Å². The van der Waals surface area contributed by atoms with Crippen molar-refractivity contribution in [3.8, 4) is 5.75 Å². The summed E-state index contributed by atoms with van der Waals surface area (Å²) >= 11 is 0. The first-order valence-corrected chi connectivity index (χ1v) is 4.45. The average Bonchev–Trinajstić information content (AvgIpc) is 2.20. The molecule has 0 saturated heterocycles. The van der Waals surface area contributed by atoms with Gasteiger partial charge in [0.15, 0.2) is 0 Å². The van der Waals surface area contributed by atoms with Crippen molar-refractivity contribution in [3.63, 3.8) is 0 Å². The molecular formula is C11H13NO3. The number of benzene rings is 1. The lowest BCUT2D eigenvalue weighted by molar-refractivity contribution is -0.135. The van der Waals surface area contributed by atoms with Crippen molar-refractivity contribution in [1.82, 2.24) is 0 Å². The predicted molar refractivity (Wildman–Crippen MR) is 58.7 cm³/mol. The Labute approximate surface area is 88.0 Å². The summed E-state index contributed by atoms with van der Waals surface area (Å²) in [5.74, 6) is -0.174. The summed E-state index contributed by atoms with van der Waals surface area (Å²) in [5, 5.41) is 8.45. The van der Waals surface area contributed by atoms with E-state index in [-0.39, 0.29) is 6.42 Å². The molecule has 0 aliphatic carbocycles. The zero-order valence-electron chi connectivity index (χ0n) is 8.43. The monoisotopic (exact) mass is 207 g/mol. The van der Waals surface area contributed by atoms with Crippen molar-refractivity contribution in [2.45, 2.75) is 6.42 Å². The van der Waals surface area contributed by atoms with E-state index in [4.69, 9.17) is 15.6 Å². The van der Waals surface area contributed by atoms with Crippen LogP contribution >= 0.6 is 0 Å². The lowest BCUT2D eigenvalue weighted by Crippen LogP contribution is -1.92. The second-order valence-corrected chi connectivity index (χ2v) is 3.00. The zero-order valence-corrected chi connectivity index (χ0v) is 8.43. The summed E-state index contributed by atoms with van der Waals surface area (Å²) in [7, 11) is 1.57. The van der Waals surface area contributed by atoms with E-state index in [2.05, 4.69) is 0 Å². The van der Waals surface area contributed by atoms with Gasteiger partial charge in [0.25, 0.3) is 0 Å². The Bertz CT molecular complexity index is 385. The van der Waals surface area contributed by atoms with Crippen LogP contribution in [0.3, 0.4) is 0 Å². The number of hydrogen-bond donors (Lipinski definition) is 2. The molecule has 3 N–H and O–H groups in total. The molecular weight excluding hydrogens is 194 g/mol. The van der Waals surface area contributed by atoms with E-state index in [0.717, 1.165) is 5.56 Å². The molecule has 0 unspecified atom stereocenters. The second-order valence-electron chi connectivity index (χ2n) is 3.00. The number of carboxylic acids is 1. The maximum absolute atomic E-state index is 10.3. The van der Waals surface area contributed by atoms with Crippen molar-refractivity contribution < 1.29 is 14.6 Å². The number of ether oxygens (including phenoxy) is 1. The molecule has 0 spiro atoms. The van der Waals surface area contributed by atoms with E-state index in [1.807, 2.05) is 0 Å². The molecule has 1 aromatic rings. The van der Waals surface area contributed by atoms with Gasteiger partial charge in [0.05, 0.1) is 13.5 Å². The highest BCUT2D eigenvalue weighted by Crippen LogP contribution is 2.20. The van der Waals surface area contributed by atoms with Crippen LogP contribution in [0.4, 0.5) is 5.69 Å². The third-order valence-corrected chi connectivity index (χ3v) is 1.88. The maximum Gasteiger partial charge on any atom is 0.307 e. The molecule has 0 fully saturated rings. The predicted octanol–water partition coefficient (Wildman–Crippen LogP) is 1.77. The van der Waals surface area contributed by atoms with Crippen LogP contribution in [0.25, 0.3) is 6.08 Å². The number of aliphatic carboxylic acids is 1. The van der Waals surface area contributed by atoms with Crippen LogP contribution in [0.2, 0.25) is 0 Å². The van der Waals surface area contributed by atoms with E-state index in [9.17, 15) is 4.79 Å². The highest BCUT2D eigenvalue weighted by molar-refractivity contribution is 5.72. The van der Waals surface area contributed by atoms with Crippen molar-refractivity contribution in [2.75, 3.05) is 12.8 Å². The first-order valence-electron chi connectivity index (χ1n) is 4.45. The number of hydrogen-bond acceptors (Lipinski definition) is 3. The molecule has 0 amide bonds. The number of carboxylic acid groups (broad SMARTS) is 1. The minimum absolute atomic E-state index is 0.0172. The summed E-state index contributed by atoms with van der Waals surface area (Å²) in [5.41, 5.74) is 7.06. The Morgan fingerprint density at radius 3 is 2.93 bits per heavy atom. The van der Waals surface area contributed by atoms with Gasteiger partial charge in [0, 0.05) is 11.3 Å². The van der Waals surface area contributed by atoms with Gasteiger partial charge in [-0.25, -0.2) is 0 Å². The van der Waals surface area contributed by atoms with Crippen LogP contribution in [-0.2, 0) is 4.79 Å². The molecule has 4 nitrogen and oxygen atoms in total. The summed E-state index contributed by atoms with van der Waals surface area (Å²) in [6, 6.07) is 5.23. The molecule has 1 rings (SSSR count). The molecule has 0 radical (unpaired) electrons. The zero-order chi connectivity index (χ0) is 11.3. The highest BCUT2D eigenvalue weighted by atomic mass is 16.5. The minimum Gasteiger partial charge on any atom is -0.497 e. The topological polar surface area (TPSA) is 72.5 Å². The van der Waals surface area contributed by atoms with Gasteiger partial charge in [-0.2, -0.15) is 0 Å². The number of nitrogen functional groups attached to an aromatic ring is 1. The van der Waals surface area contributed by atoms with Gasteiger partial charge in [0.2, 0.25) is 0 Å². The molecule has 0 saturated carbocycles. The van der Waals surface area contributed by atoms with Crippen molar-refractivity contribution in [2.24, 2.45) is 0 Å². The standard InChI is InChI=1S/C11H13NO3/c1-15-9-5-6-10(12)8(7-9)3-2-4-11(13)14/h2-3,5-7H,4,12H2,1H3,(H,13,14). The fraction of sp³-hybridized carbons (Fsp3) is 0.182. The molecule has 0 aromatic heterocycles. The van der Waals surface area contributed by atoms with Crippen molar-refractivity contribution in [1.29, 1.82) is 0 Å². The Morgan fingerprint density at radius 1 is 1.60 bits per heavy atom. The normalized spacial score (nSPS) is 10.5. The Hall–Kier alpha value is -1.97. The van der Waals surface area contributed by atoms with Gasteiger partial charge in [-0.15, -0.1) is 0 Å². The van der Waals surface area contributed by atoms with E-state index in [1.165, 1.54) is 0 Å². The van der Waals surface area contributed by atoms with Gasteiger partial charge in [-0.1, -0.05) is 12.2 Å². The number of carbonyl (C=O) groups is 1. The molecule has 0 heterocycles. The van der Waals surface area contributed by atoms with E-state index >= 15 is 0 Å². The molecule has 0 aliphatic rings. The number of methoxy groups -OCH3 is 1. The molecule has 80 valence electrons. The molecule has 0 bridgehead atoms. The van der Waals surface area contributed by atoms with Crippen LogP contribution in [0, 0.1) is 0 Å². The molecule has 4 heteroatoms. The Balaban J connectivity index is 2.83. The first kappa shape index (κ1) is 11.1. The van der Waals surface area contributed by atoms with Gasteiger partial charge < -0.3 is 15.6 Å². The van der Waals surface area contributed by atoms with E-state index in [1.54, 1.807) is 37.5 Å². The van der Waals surface area contributed by atoms with Crippen LogP contribution in [0.5, 0.6) is 5.75 Å². The molecule has 15 heavy (non-hydrogen) atoms. The lowest BCUT2D eigenvalue weighted by Gasteiger charge is -2.03. The number of anilines is 1. The van der Waals surface area contributed by atoms with Crippen LogP contribution in [0.1, 0.15) is 12.0 Å². The quantitative estimate of drug-likeness (QED) is 0.738. The smallest absolute Gasteiger partial charge is 0.307 e. The fourth-order valence-corrected chi connectivity index (χ4v) is 1.11. The minimum atomic E-state index is -0.868. The second kappa shape index (κ2) is 5.05. The van der Waals surface area contributed by atoms with Crippen LogP contribution < -0.4 is 10.5 Å². The Morgan fingerprint density at radius 2 is 2.33 bits per heavy atom. The average molecular weight is 207 g/mol. The molecule has 0 aliphatic heterocycles. The van der Waals surface area contributed by atoms with Crippen LogP contribution in [-0.4, -0.2) is 18.2 Å². The van der Waals surface area contributed by atoms with E-state index in [0.29, 0.717) is 11.4 Å². The summed E-state index contributed by atoms with van der Waals surface area (Å²) in [6.07, 6.45) is 3.20. The van der Waals surface area contributed by atoms with Crippen molar-refractivity contribution >= 4 is 17.7 Å². The summed E-state index contributed by atoms with van der Waals surface area (Å²) < 4.78 is 5.03. The number of rotatable bonds is 4. The van der Waals surface area contributed by atoms with Crippen molar-refractivity contribution in [3.05, 3.63) is 29.8 Å². The van der Waals surface area contributed by atoms with Crippen LogP contribution in [0.15, 0.2) is 24.3 Å². The largest absolute Gasteiger partial charge is 0.497 e. The summed E-state index contributed by atoms with van der Waals surface area (Å²) in [4.78, 5) is 10.3. The summed E-state index contributed by atoms with van der Waals surface area (Å²) in [6.45, 7) is 0. The van der Waals surface area contributed by atoms with Gasteiger partial charge in [0.1, 0.15) is 5.75 Å². The molecule has 0 atom stereocenters. The number of nitrogens with two attached hydrogens (primary N) is 1. The van der Waals surface area contributed by atoms with E-state index < -0.39 is 5.97 Å². The lowest BCUT2D eigenvalue weighted by atomic mass is 10.1. The van der Waals surface area contributed by atoms with Gasteiger partial charge in [-0.3, -0.25) is 4.79 Å². The third kappa shape index (κ3) is 3.34. The fourth-order valence-electron chi connectivity index (χ4n) is 1.11. The molecule has 1 aromatic carbocycles. The highest BCUT2D eigenvalue weighted by Gasteiger charge is 1.98. The first-order chi connectivity index (χ1) is 7.13. The van der Waals surface area contributed by atoms with Gasteiger partial charge >= 0.3 is 5.97 Å². The third-order valence-electron chi connectivity index (χ3n) is 1.88.